The van der Waals surface area contributed by atoms with Crippen molar-refractivity contribution in [1.82, 2.24) is 4.98 Å². The molecule has 7 heteroatoms. The van der Waals surface area contributed by atoms with E-state index in [1.165, 1.54) is 11.3 Å². The summed E-state index contributed by atoms with van der Waals surface area (Å²) >= 11 is 1.27. The molecule has 1 rings (SSSR count). The van der Waals surface area contributed by atoms with Gasteiger partial charge in [0.1, 0.15) is 16.5 Å². The number of carbonyl (C=O) groups excluding carboxylic acids is 2. The summed E-state index contributed by atoms with van der Waals surface area (Å²) in [4.78, 5) is 28.5. The lowest BCUT2D eigenvalue weighted by atomic mass is 9.96. The molecule has 0 saturated carbocycles. The van der Waals surface area contributed by atoms with Crippen molar-refractivity contribution in [2.45, 2.75) is 52.6 Å². The average molecular weight is 342 g/mol. The van der Waals surface area contributed by atoms with Crippen LogP contribution in [0.1, 0.15) is 62.5 Å². The number of nitrogens with zero attached hydrogens (tertiary/aromatic N) is 1. The summed E-state index contributed by atoms with van der Waals surface area (Å²) in [5, 5.41) is 2.17. The highest BCUT2D eigenvalue weighted by Crippen LogP contribution is 2.29. The van der Waals surface area contributed by atoms with Crippen LogP contribution in [0.4, 0.5) is 0 Å². The van der Waals surface area contributed by atoms with Gasteiger partial charge in [0, 0.05) is 5.38 Å². The summed E-state index contributed by atoms with van der Waals surface area (Å²) in [6.45, 7) is 9.91. The zero-order valence-electron chi connectivity index (χ0n) is 14.4. The van der Waals surface area contributed by atoms with Crippen molar-refractivity contribution >= 4 is 23.3 Å². The molecule has 1 aromatic heterocycles. The van der Waals surface area contributed by atoms with E-state index in [4.69, 9.17) is 15.2 Å². The minimum atomic E-state index is -0.581. The van der Waals surface area contributed by atoms with E-state index < -0.39 is 17.5 Å². The Morgan fingerprint density at radius 2 is 2.04 bits per heavy atom. The van der Waals surface area contributed by atoms with E-state index in [-0.39, 0.29) is 24.2 Å². The van der Waals surface area contributed by atoms with Crippen molar-refractivity contribution in [2.24, 2.45) is 11.7 Å². The summed E-state index contributed by atoms with van der Waals surface area (Å²) in [6, 6.07) is 0. The Bertz CT molecular complexity index is 536. The van der Waals surface area contributed by atoms with Crippen LogP contribution < -0.4 is 5.73 Å². The molecule has 0 bridgehead atoms. The van der Waals surface area contributed by atoms with Gasteiger partial charge in [-0.1, -0.05) is 6.92 Å². The minimum Gasteiger partial charge on any atom is -0.461 e. The number of carbonyl (C=O) groups is 2. The molecule has 6 nitrogen and oxygen atoms in total. The smallest absolute Gasteiger partial charge is 0.357 e. The lowest BCUT2D eigenvalue weighted by Gasteiger charge is -2.24. The number of hydrogen-bond donors (Lipinski definition) is 1. The third kappa shape index (κ3) is 6.27. The van der Waals surface area contributed by atoms with Gasteiger partial charge >= 0.3 is 11.9 Å². The molecule has 0 saturated heterocycles. The van der Waals surface area contributed by atoms with Gasteiger partial charge in [-0.15, -0.1) is 11.3 Å². The van der Waals surface area contributed by atoms with Crippen LogP contribution in [0.25, 0.3) is 0 Å². The van der Waals surface area contributed by atoms with Crippen molar-refractivity contribution in [1.29, 1.82) is 0 Å². The van der Waals surface area contributed by atoms with Gasteiger partial charge in [0.2, 0.25) is 0 Å². The van der Waals surface area contributed by atoms with Gasteiger partial charge in [-0.3, -0.25) is 4.79 Å². The van der Waals surface area contributed by atoms with E-state index >= 15 is 0 Å². The molecule has 130 valence electrons. The van der Waals surface area contributed by atoms with Gasteiger partial charge in [-0.25, -0.2) is 9.78 Å². The first kappa shape index (κ1) is 19.6. The third-order valence-corrected chi connectivity index (χ3v) is 3.99. The highest BCUT2D eigenvalue weighted by atomic mass is 32.1. The first-order chi connectivity index (χ1) is 10.7. The molecule has 0 aliphatic heterocycles. The fourth-order valence-electron chi connectivity index (χ4n) is 1.92. The second-order valence-electron chi connectivity index (χ2n) is 6.45. The van der Waals surface area contributed by atoms with Gasteiger partial charge in [0.25, 0.3) is 0 Å². The number of thiazole rings is 1. The van der Waals surface area contributed by atoms with Crippen LogP contribution >= 0.6 is 11.3 Å². The lowest BCUT2D eigenvalue weighted by molar-refractivity contribution is -0.157. The summed E-state index contributed by atoms with van der Waals surface area (Å²) in [6.07, 6.45) is 0.529. The maximum atomic E-state index is 12.5. The minimum absolute atomic E-state index is 0.141. The van der Waals surface area contributed by atoms with Crippen molar-refractivity contribution < 1.29 is 19.1 Å². The molecule has 0 aliphatic carbocycles. The third-order valence-electron chi connectivity index (χ3n) is 3.04. The fraction of sp³-hybridized carbons (Fsp3) is 0.688. The molecule has 0 aliphatic rings. The zero-order valence-corrected chi connectivity index (χ0v) is 15.2. The molecule has 2 atom stereocenters. The Morgan fingerprint density at radius 1 is 1.39 bits per heavy atom. The van der Waals surface area contributed by atoms with Crippen LogP contribution in [-0.2, 0) is 14.3 Å². The second kappa shape index (κ2) is 8.40. The maximum Gasteiger partial charge on any atom is 0.357 e. The standard InChI is InChI=1S/C16H26N2O4S/c1-6-21-15(20)12-9-23-13(18-12)11(7-10(2)8-17)14(19)22-16(3,4)5/h9-11H,6-8,17H2,1-5H3/t10?,11-/m1/s1. The Labute approximate surface area is 141 Å². The van der Waals surface area contributed by atoms with Gasteiger partial charge in [0.05, 0.1) is 6.61 Å². The Hall–Kier alpha value is -1.47. The molecule has 1 heterocycles. The predicted octanol–water partition coefficient (Wildman–Crippen LogP) is 2.73. The lowest BCUT2D eigenvalue weighted by Crippen LogP contribution is -2.29. The number of esters is 2. The number of rotatable bonds is 7. The molecular weight excluding hydrogens is 316 g/mol. The van der Waals surface area contributed by atoms with Gasteiger partial charge in [0.15, 0.2) is 5.69 Å². The molecule has 23 heavy (non-hydrogen) atoms. The highest BCUT2D eigenvalue weighted by Gasteiger charge is 2.31. The van der Waals surface area contributed by atoms with Crippen LogP contribution in [-0.4, -0.2) is 35.7 Å². The van der Waals surface area contributed by atoms with E-state index in [1.54, 1.807) is 12.3 Å². The van der Waals surface area contributed by atoms with E-state index in [9.17, 15) is 9.59 Å². The summed E-state index contributed by atoms with van der Waals surface area (Å²) < 4.78 is 10.4. The largest absolute Gasteiger partial charge is 0.461 e. The topological polar surface area (TPSA) is 91.5 Å². The summed E-state index contributed by atoms with van der Waals surface area (Å²) in [5.41, 5.74) is 5.32. The summed E-state index contributed by atoms with van der Waals surface area (Å²) in [5.74, 6) is -1.21. The molecule has 0 aromatic carbocycles. The van der Waals surface area contributed by atoms with Crippen LogP contribution in [0.5, 0.6) is 0 Å². The van der Waals surface area contributed by atoms with E-state index in [0.29, 0.717) is 18.0 Å². The van der Waals surface area contributed by atoms with E-state index in [1.807, 2.05) is 27.7 Å². The Balaban J connectivity index is 3.00. The first-order valence-corrected chi connectivity index (χ1v) is 8.61. The van der Waals surface area contributed by atoms with Crippen LogP contribution in [0.2, 0.25) is 0 Å². The van der Waals surface area contributed by atoms with Crippen molar-refractivity contribution in [2.75, 3.05) is 13.2 Å². The predicted molar refractivity (Wildman–Crippen MR) is 89.5 cm³/mol. The summed E-state index contributed by atoms with van der Waals surface area (Å²) in [7, 11) is 0. The molecule has 2 N–H and O–H groups in total. The quantitative estimate of drug-likeness (QED) is 0.766. The van der Waals surface area contributed by atoms with E-state index in [0.717, 1.165) is 0 Å². The van der Waals surface area contributed by atoms with Crippen molar-refractivity contribution in [3.63, 3.8) is 0 Å². The second-order valence-corrected chi connectivity index (χ2v) is 7.34. The monoisotopic (exact) mass is 342 g/mol. The van der Waals surface area contributed by atoms with Gasteiger partial charge in [-0.2, -0.15) is 0 Å². The number of hydrogen-bond acceptors (Lipinski definition) is 7. The van der Waals surface area contributed by atoms with Crippen LogP contribution in [0.3, 0.4) is 0 Å². The molecular formula is C16H26N2O4S. The fourth-order valence-corrected chi connectivity index (χ4v) is 2.80. The van der Waals surface area contributed by atoms with Crippen LogP contribution in [0, 0.1) is 5.92 Å². The normalized spacial score (nSPS) is 14.2. The van der Waals surface area contributed by atoms with Gasteiger partial charge in [-0.05, 0) is 46.6 Å². The highest BCUT2D eigenvalue weighted by molar-refractivity contribution is 7.10. The van der Waals surface area contributed by atoms with Crippen molar-refractivity contribution in [3.8, 4) is 0 Å². The van der Waals surface area contributed by atoms with E-state index in [2.05, 4.69) is 4.98 Å². The SMILES string of the molecule is CCOC(=O)c1csc([C@@H](CC(C)CN)C(=O)OC(C)(C)C)n1. The van der Waals surface area contributed by atoms with Crippen LogP contribution in [0.15, 0.2) is 5.38 Å². The van der Waals surface area contributed by atoms with Crippen molar-refractivity contribution in [3.05, 3.63) is 16.1 Å². The number of ether oxygens (including phenoxy) is 2. The molecule has 1 aromatic rings. The molecule has 0 amide bonds. The Kier molecular flexibility index (Phi) is 7.15. The first-order valence-electron chi connectivity index (χ1n) is 7.73. The number of nitrogens with two attached hydrogens (primary N) is 1. The maximum absolute atomic E-state index is 12.5. The molecule has 0 spiro atoms. The molecule has 1 unspecified atom stereocenters. The number of aromatic nitrogens is 1. The Morgan fingerprint density at radius 3 is 2.57 bits per heavy atom. The zero-order chi connectivity index (χ0) is 17.6. The van der Waals surface area contributed by atoms with Gasteiger partial charge < -0.3 is 15.2 Å². The molecule has 0 radical (unpaired) electrons. The molecule has 0 fully saturated rings. The average Bonchev–Trinajstić information content (AvgIpc) is 2.92.